The van der Waals surface area contributed by atoms with Crippen molar-refractivity contribution < 1.29 is 19.1 Å². The first-order valence-electron chi connectivity index (χ1n) is 10.1. The zero-order valence-electron chi connectivity index (χ0n) is 17.7. The Kier molecular flexibility index (Phi) is 6.95. The molecule has 2 aromatic rings. The Morgan fingerprint density at radius 1 is 1.13 bits per heavy atom. The number of alkyl carbamates (subject to hydrolysis) is 1. The highest BCUT2D eigenvalue weighted by atomic mass is 16.6. The van der Waals surface area contributed by atoms with Gasteiger partial charge in [-0.3, -0.25) is 4.79 Å². The van der Waals surface area contributed by atoms with Crippen LogP contribution in [0.4, 0.5) is 16.2 Å². The van der Waals surface area contributed by atoms with Gasteiger partial charge in [0, 0.05) is 13.1 Å². The van der Waals surface area contributed by atoms with Crippen molar-refractivity contribution in [2.75, 3.05) is 29.9 Å². The van der Waals surface area contributed by atoms with Crippen molar-refractivity contribution in [3.05, 3.63) is 60.2 Å². The van der Waals surface area contributed by atoms with E-state index in [1.54, 1.807) is 20.8 Å². The summed E-state index contributed by atoms with van der Waals surface area (Å²) in [6, 6.07) is 16.8. The van der Waals surface area contributed by atoms with Crippen molar-refractivity contribution >= 4 is 23.4 Å². The number of anilines is 2. The molecular weight excluding hydrogens is 382 g/mol. The van der Waals surface area contributed by atoms with Gasteiger partial charge >= 0.3 is 6.09 Å². The van der Waals surface area contributed by atoms with Gasteiger partial charge in [-0.2, -0.15) is 0 Å². The molecule has 1 heterocycles. The molecule has 160 valence electrons. The first-order valence-corrected chi connectivity index (χ1v) is 10.1. The maximum absolute atomic E-state index is 12.7. The highest BCUT2D eigenvalue weighted by molar-refractivity contribution is 6.01. The summed E-state index contributed by atoms with van der Waals surface area (Å²) in [5.41, 5.74) is 2.07. The Morgan fingerprint density at radius 3 is 2.57 bits per heavy atom. The molecule has 1 atom stereocenters. The van der Waals surface area contributed by atoms with Crippen LogP contribution < -0.4 is 15.5 Å². The number of hydrogen-bond acceptors (Lipinski definition) is 5. The number of amides is 2. The summed E-state index contributed by atoms with van der Waals surface area (Å²) in [6.45, 7) is 7.25. The average molecular weight is 412 g/mol. The smallest absolute Gasteiger partial charge is 0.408 e. The molecule has 2 aromatic carbocycles. The van der Waals surface area contributed by atoms with Crippen LogP contribution in [0.25, 0.3) is 0 Å². The normalized spacial score (nSPS) is 16.3. The molecule has 0 saturated heterocycles. The van der Waals surface area contributed by atoms with Crippen molar-refractivity contribution in [3.8, 4) is 0 Å². The summed E-state index contributed by atoms with van der Waals surface area (Å²) >= 11 is 0. The lowest BCUT2D eigenvalue weighted by Crippen LogP contribution is -2.50. The second kappa shape index (κ2) is 9.63. The predicted octanol–water partition coefficient (Wildman–Crippen LogP) is 3.56. The fraction of sp³-hybridized carbons (Fsp3) is 0.391. The largest absolute Gasteiger partial charge is 0.444 e. The second-order valence-corrected chi connectivity index (χ2v) is 8.19. The maximum Gasteiger partial charge on any atom is 0.408 e. The molecule has 7 heteroatoms. The minimum atomic E-state index is -0.749. The average Bonchev–Trinajstić information content (AvgIpc) is 2.81. The molecule has 1 aliphatic heterocycles. The van der Waals surface area contributed by atoms with Crippen LogP contribution in [0.3, 0.4) is 0 Å². The standard InChI is InChI=1S/C23H29N3O4/c1-23(2,3)30-22(28)25-19-15-26(13-14-29-16-17-9-5-4-6-10-17)20-12-8-7-11-18(20)24-21(19)27/h4-12,19H,13-16H2,1-3H3,(H,24,27)(H,25,28)/t19-/m0/s1. The summed E-state index contributed by atoms with van der Waals surface area (Å²) in [5.74, 6) is -0.277. The Morgan fingerprint density at radius 2 is 1.83 bits per heavy atom. The van der Waals surface area contributed by atoms with Crippen LogP contribution in [0.5, 0.6) is 0 Å². The Labute approximate surface area is 177 Å². The number of nitrogens with zero attached hydrogens (tertiary/aromatic N) is 1. The Bertz CT molecular complexity index is 864. The lowest BCUT2D eigenvalue weighted by atomic mass is 10.2. The second-order valence-electron chi connectivity index (χ2n) is 8.19. The first kappa shape index (κ1) is 21.6. The van der Waals surface area contributed by atoms with Crippen molar-refractivity contribution in [2.24, 2.45) is 0 Å². The van der Waals surface area contributed by atoms with E-state index in [4.69, 9.17) is 9.47 Å². The number of hydrogen-bond donors (Lipinski definition) is 2. The monoisotopic (exact) mass is 411 g/mol. The minimum Gasteiger partial charge on any atom is -0.444 e. The van der Waals surface area contributed by atoms with Gasteiger partial charge in [-0.25, -0.2) is 4.79 Å². The van der Waals surface area contributed by atoms with E-state index in [1.807, 2.05) is 59.5 Å². The van der Waals surface area contributed by atoms with E-state index in [0.717, 1.165) is 11.3 Å². The third-order valence-corrected chi connectivity index (χ3v) is 4.53. The summed E-state index contributed by atoms with van der Waals surface area (Å²) in [6.07, 6.45) is -0.617. The molecule has 0 saturated carbocycles. The number of rotatable bonds is 6. The summed E-state index contributed by atoms with van der Waals surface area (Å²) in [5, 5.41) is 5.59. The van der Waals surface area contributed by atoms with Crippen LogP contribution >= 0.6 is 0 Å². The van der Waals surface area contributed by atoms with E-state index in [1.165, 1.54) is 0 Å². The molecule has 0 aliphatic carbocycles. The van der Waals surface area contributed by atoms with Gasteiger partial charge in [-0.05, 0) is 38.5 Å². The van der Waals surface area contributed by atoms with Crippen LogP contribution in [0.15, 0.2) is 54.6 Å². The Balaban J connectivity index is 1.66. The van der Waals surface area contributed by atoms with E-state index >= 15 is 0 Å². The molecule has 0 unspecified atom stereocenters. The molecule has 3 rings (SSSR count). The van der Waals surface area contributed by atoms with Crippen LogP contribution in [-0.4, -0.2) is 43.3 Å². The van der Waals surface area contributed by atoms with Gasteiger partial charge in [-0.1, -0.05) is 42.5 Å². The number of carbonyl (C=O) groups is 2. The lowest BCUT2D eigenvalue weighted by Gasteiger charge is -2.27. The number of benzene rings is 2. The highest BCUT2D eigenvalue weighted by Gasteiger charge is 2.30. The molecule has 7 nitrogen and oxygen atoms in total. The fourth-order valence-corrected chi connectivity index (χ4v) is 3.19. The van der Waals surface area contributed by atoms with Gasteiger partial charge in [0.05, 0.1) is 24.6 Å². The van der Waals surface area contributed by atoms with Gasteiger partial charge in [0.15, 0.2) is 0 Å². The third-order valence-electron chi connectivity index (χ3n) is 4.53. The number of fused-ring (bicyclic) bond motifs is 1. The predicted molar refractivity (Wildman–Crippen MR) is 117 cm³/mol. The van der Waals surface area contributed by atoms with E-state index in [0.29, 0.717) is 32.0 Å². The number of para-hydroxylation sites is 2. The first-order chi connectivity index (χ1) is 14.3. The van der Waals surface area contributed by atoms with Gasteiger partial charge in [-0.15, -0.1) is 0 Å². The van der Waals surface area contributed by atoms with Gasteiger partial charge in [0.2, 0.25) is 5.91 Å². The zero-order chi connectivity index (χ0) is 21.6. The fourth-order valence-electron chi connectivity index (χ4n) is 3.19. The molecule has 0 spiro atoms. The van der Waals surface area contributed by atoms with Crippen LogP contribution in [0.2, 0.25) is 0 Å². The highest BCUT2D eigenvalue weighted by Crippen LogP contribution is 2.28. The molecule has 30 heavy (non-hydrogen) atoms. The zero-order valence-corrected chi connectivity index (χ0v) is 17.7. The van der Waals surface area contributed by atoms with Crippen molar-refractivity contribution in [3.63, 3.8) is 0 Å². The summed E-state index contributed by atoms with van der Waals surface area (Å²) in [7, 11) is 0. The van der Waals surface area contributed by atoms with Gasteiger partial charge < -0.3 is 25.0 Å². The van der Waals surface area contributed by atoms with E-state index in [9.17, 15) is 9.59 Å². The van der Waals surface area contributed by atoms with Gasteiger partial charge in [0.25, 0.3) is 0 Å². The summed E-state index contributed by atoms with van der Waals surface area (Å²) in [4.78, 5) is 27.0. The third kappa shape index (κ3) is 6.22. The van der Waals surface area contributed by atoms with Gasteiger partial charge in [0.1, 0.15) is 11.6 Å². The summed E-state index contributed by atoms with van der Waals surface area (Å²) < 4.78 is 11.1. The van der Waals surface area contributed by atoms with Crippen molar-refractivity contribution in [2.45, 2.75) is 39.0 Å². The maximum atomic E-state index is 12.7. The molecule has 0 aromatic heterocycles. The van der Waals surface area contributed by atoms with E-state index in [2.05, 4.69) is 10.6 Å². The molecule has 0 radical (unpaired) electrons. The van der Waals surface area contributed by atoms with Crippen molar-refractivity contribution in [1.82, 2.24) is 5.32 Å². The topological polar surface area (TPSA) is 79.9 Å². The Hall–Kier alpha value is -3.06. The molecule has 0 fully saturated rings. The molecular formula is C23H29N3O4. The lowest BCUT2D eigenvalue weighted by molar-refractivity contribution is -0.117. The number of ether oxygens (including phenoxy) is 2. The number of nitrogens with one attached hydrogen (secondary N) is 2. The molecule has 1 aliphatic rings. The van der Waals surface area contributed by atoms with E-state index < -0.39 is 17.7 Å². The molecule has 0 bridgehead atoms. The molecule has 2 amide bonds. The van der Waals surface area contributed by atoms with E-state index in [-0.39, 0.29) is 5.91 Å². The van der Waals surface area contributed by atoms with Crippen LogP contribution in [0, 0.1) is 0 Å². The van der Waals surface area contributed by atoms with Crippen LogP contribution in [0.1, 0.15) is 26.3 Å². The quantitative estimate of drug-likeness (QED) is 0.711. The van der Waals surface area contributed by atoms with Crippen molar-refractivity contribution in [1.29, 1.82) is 0 Å². The molecule has 2 N–H and O–H groups in total. The minimum absolute atomic E-state index is 0.277. The number of carbonyl (C=O) groups excluding carboxylic acids is 2. The van der Waals surface area contributed by atoms with Crippen LogP contribution in [-0.2, 0) is 20.9 Å². The SMILES string of the molecule is CC(C)(C)OC(=O)N[C@H]1CN(CCOCc2ccccc2)c2ccccc2NC1=O.